The maximum Gasteiger partial charge on any atom is 0.283 e. The second kappa shape index (κ2) is 4.97. The van der Waals surface area contributed by atoms with Crippen molar-refractivity contribution in [2.45, 2.75) is 4.90 Å². The van der Waals surface area contributed by atoms with Crippen molar-refractivity contribution in [3.05, 3.63) is 57.5 Å². The van der Waals surface area contributed by atoms with E-state index in [4.69, 9.17) is 0 Å². The number of nitrogens with zero attached hydrogens (tertiary/aromatic N) is 1. The van der Waals surface area contributed by atoms with E-state index in [-0.39, 0.29) is 22.2 Å². The van der Waals surface area contributed by atoms with Gasteiger partial charge in [0.2, 0.25) is 0 Å². The predicted octanol–water partition coefficient (Wildman–Crippen LogP) is 2.28. The lowest BCUT2D eigenvalue weighted by Crippen LogP contribution is -2.05. The summed E-state index contributed by atoms with van der Waals surface area (Å²) in [7, 11) is 0. The van der Waals surface area contributed by atoms with Crippen molar-refractivity contribution in [2.24, 2.45) is 0 Å². The number of hydrogen-bond acceptors (Lipinski definition) is 5. The van der Waals surface area contributed by atoms with Gasteiger partial charge >= 0.3 is 0 Å². The number of benzene rings is 1. The third-order valence-corrected chi connectivity index (χ3v) is 3.30. The number of nitro benzene ring substituents is 1. The Hall–Kier alpha value is -2.21. The van der Waals surface area contributed by atoms with Crippen LogP contribution in [0.2, 0.25) is 0 Å². The molecule has 0 aliphatic heterocycles. The number of thioether (sulfide) groups is 1. The number of carbonyl (C=O) groups is 2. The molecule has 0 spiro atoms. The summed E-state index contributed by atoms with van der Waals surface area (Å²) in [5, 5.41) is 10.8. The van der Waals surface area contributed by atoms with Crippen molar-refractivity contribution in [1.29, 1.82) is 0 Å². The zero-order valence-electron chi connectivity index (χ0n) is 9.03. The summed E-state index contributed by atoms with van der Waals surface area (Å²) in [5.74, 6) is -0.617. The van der Waals surface area contributed by atoms with Crippen molar-refractivity contribution in [3.63, 3.8) is 0 Å². The Labute approximate surface area is 106 Å². The summed E-state index contributed by atoms with van der Waals surface area (Å²) in [6.07, 6.45) is 3.52. The molecule has 1 aromatic carbocycles. The van der Waals surface area contributed by atoms with Crippen molar-refractivity contribution < 1.29 is 14.5 Å². The van der Waals surface area contributed by atoms with E-state index in [0.29, 0.717) is 4.90 Å². The normalized spacial score (nSPS) is 14.6. The van der Waals surface area contributed by atoms with E-state index in [0.717, 1.165) is 11.8 Å². The third-order valence-electron chi connectivity index (χ3n) is 2.20. The van der Waals surface area contributed by atoms with Crippen LogP contribution in [0.1, 0.15) is 0 Å². The second-order valence-corrected chi connectivity index (χ2v) is 4.52. The Morgan fingerprint density at radius 2 is 1.83 bits per heavy atom. The summed E-state index contributed by atoms with van der Waals surface area (Å²) in [4.78, 5) is 33.5. The molecule has 0 unspecified atom stereocenters. The third kappa shape index (κ3) is 2.54. The van der Waals surface area contributed by atoms with Crippen molar-refractivity contribution >= 4 is 29.0 Å². The fourth-order valence-electron chi connectivity index (χ4n) is 1.38. The van der Waals surface area contributed by atoms with E-state index in [1.165, 1.54) is 24.3 Å². The molecule has 0 saturated carbocycles. The molecule has 5 nitrogen and oxygen atoms in total. The van der Waals surface area contributed by atoms with Gasteiger partial charge < -0.3 is 0 Å². The number of allylic oxidation sites excluding steroid dienone is 4. The molecule has 1 aliphatic carbocycles. The second-order valence-electron chi connectivity index (χ2n) is 3.44. The number of rotatable bonds is 3. The first-order valence-electron chi connectivity index (χ1n) is 4.97. The Morgan fingerprint density at radius 1 is 1.11 bits per heavy atom. The molecule has 18 heavy (non-hydrogen) atoms. The van der Waals surface area contributed by atoms with Crippen LogP contribution < -0.4 is 0 Å². The molecular weight excluding hydrogens is 254 g/mol. The monoisotopic (exact) mass is 261 g/mol. The first-order chi connectivity index (χ1) is 8.58. The van der Waals surface area contributed by atoms with E-state index in [9.17, 15) is 19.7 Å². The van der Waals surface area contributed by atoms with Crippen LogP contribution in [0.4, 0.5) is 5.69 Å². The first kappa shape index (κ1) is 12.3. The van der Waals surface area contributed by atoms with Gasteiger partial charge in [0, 0.05) is 12.1 Å². The molecule has 0 atom stereocenters. The lowest BCUT2D eigenvalue weighted by Gasteiger charge is -2.06. The minimum atomic E-state index is -0.520. The highest BCUT2D eigenvalue weighted by Crippen LogP contribution is 2.35. The SMILES string of the molecule is O=C1C=CC(=O)C(Sc2ccccc2[N+](=O)[O-])=C1. The largest absolute Gasteiger partial charge is 0.290 e. The number of nitro groups is 1. The maximum atomic E-state index is 11.5. The molecule has 0 aromatic heterocycles. The van der Waals surface area contributed by atoms with Crippen molar-refractivity contribution in [2.75, 3.05) is 0 Å². The Balaban J connectivity index is 2.33. The molecule has 0 heterocycles. The first-order valence-corrected chi connectivity index (χ1v) is 5.79. The zero-order valence-corrected chi connectivity index (χ0v) is 9.85. The van der Waals surface area contributed by atoms with Crippen molar-refractivity contribution in [3.8, 4) is 0 Å². The molecule has 0 saturated heterocycles. The molecule has 6 heteroatoms. The van der Waals surface area contributed by atoms with Crippen LogP contribution in [-0.2, 0) is 9.59 Å². The van der Waals surface area contributed by atoms with Crippen LogP contribution in [0.3, 0.4) is 0 Å². The van der Waals surface area contributed by atoms with E-state index in [1.54, 1.807) is 18.2 Å². The number of para-hydroxylation sites is 1. The highest BCUT2D eigenvalue weighted by atomic mass is 32.2. The minimum Gasteiger partial charge on any atom is -0.290 e. The topological polar surface area (TPSA) is 77.3 Å². The number of carbonyl (C=O) groups excluding carboxylic acids is 2. The Kier molecular flexibility index (Phi) is 3.38. The van der Waals surface area contributed by atoms with E-state index < -0.39 is 4.92 Å². The van der Waals surface area contributed by atoms with Crippen molar-refractivity contribution in [1.82, 2.24) is 0 Å². The minimum absolute atomic E-state index is 0.0850. The molecule has 0 fully saturated rings. The van der Waals surface area contributed by atoms with Gasteiger partial charge in [-0.05, 0) is 18.2 Å². The molecule has 90 valence electrons. The van der Waals surface area contributed by atoms with Crippen LogP contribution in [0.25, 0.3) is 0 Å². The van der Waals surface area contributed by atoms with Gasteiger partial charge in [-0.15, -0.1) is 0 Å². The molecular formula is C12H7NO4S. The quantitative estimate of drug-likeness (QED) is 0.474. The summed E-state index contributed by atoms with van der Waals surface area (Å²) in [6, 6.07) is 6.08. The molecule has 1 aromatic rings. The lowest BCUT2D eigenvalue weighted by molar-refractivity contribution is -0.387. The van der Waals surface area contributed by atoms with Gasteiger partial charge in [-0.25, -0.2) is 0 Å². The number of hydrogen-bond donors (Lipinski definition) is 0. The van der Waals surface area contributed by atoms with Gasteiger partial charge in [0.15, 0.2) is 11.6 Å². The van der Waals surface area contributed by atoms with Crippen LogP contribution >= 0.6 is 11.8 Å². The molecule has 2 rings (SSSR count). The number of ketones is 2. The fraction of sp³-hybridized carbons (Fsp3) is 0. The summed E-state index contributed by atoms with van der Waals surface area (Å²) < 4.78 is 0. The Morgan fingerprint density at radius 3 is 2.56 bits per heavy atom. The van der Waals surface area contributed by atoms with Crippen LogP contribution in [0, 0.1) is 10.1 Å². The summed E-state index contributed by atoms with van der Waals surface area (Å²) in [5.41, 5.74) is -0.0850. The predicted molar refractivity (Wildman–Crippen MR) is 66.2 cm³/mol. The molecule has 0 N–H and O–H groups in total. The van der Waals surface area contributed by atoms with Gasteiger partial charge in [-0.3, -0.25) is 19.7 Å². The van der Waals surface area contributed by atoms with Gasteiger partial charge in [-0.1, -0.05) is 23.9 Å². The average Bonchev–Trinajstić information content (AvgIpc) is 2.34. The van der Waals surface area contributed by atoms with Crippen LogP contribution in [0.5, 0.6) is 0 Å². The zero-order chi connectivity index (χ0) is 13.1. The summed E-state index contributed by atoms with van der Waals surface area (Å²) >= 11 is 0.929. The van der Waals surface area contributed by atoms with Crippen LogP contribution in [-0.4, -0.2) is 16.5 Å². The van der Waals surface area contributed by atoms with Gasteiger partial charge in [0.1, 0.15) is 0 Å². The summed E-state index contributed by atoms with van der Waals surface area (Å²) in [6.45, 7) is 0. The molecule has 0 radical (unpaired) electrons. The van der Waals surface area contributed by atoms with Crippen LogP contribution in [0.15, 0.2) is 52.3 Å². The van der Waals surface area contributed by atoms with E-state index in [2.05, 4.69) is 0 Å². The lowest BCUT2D eigenvalue weighted by atomic mass is 10.2. The van der Waals surface area contributed by atoms with Gasteiger partial charge in [-0.2, -0.15) is 0 Å². The standard InChI is InChI=1S/C12H7NO4S/c14-8-5-6-10(15)12(7-8)18-11-4-2-1-3-9(11)13(16)17/h1-7H. The highest BCUT2D eigenvalue weighted by Gasteiger charge is 2.19. The molecule has 1 aliphatic rings. The molecule has 0 bridgehead atoms. The van der Waals surface area contributed by atoms with Gasteiger partial charge in [0.25, 0.3) is 5.69 Å². The van der Waals surface area contributed by atoms with Gasteiger partial charge in [0.05, 0.1) is 14.7 Å². The highest BCUT2D eigenvalue weighted by molar-refractivity contribution is 8.04. The smallest absolute Gasteiger partial charge is 0.283 e. The Bertz CT molecular complexity index is 604. The van der Waals surface area contributed by atoms with E-state index >= 15 is 0 Å². The maximum absolute atomic E-state index is 11.5. The van der Waals surface area contributed by atoms with E-state index in [1.807, 2.05) is 0 Å². The molecule has 0 amide bonds. The average molecular weight is 261 g/mol. The fourth-order valence-corrected chi connectivity index (χ4v) is 2.36.